The number of rotatable bonds is 9. The van der Waals surface area contributed by atoms with Crippen molar-refractivity contribution < 1.29 is 33.4 Å². The monoisotopic (exact) mass is 611 g/mol. The van der Waals surface area contributed by atoms with E-state index < -0.39 is 36.1 Å². The number of hydrogen-bond acceptors (Lipinski definition) is 7. The second kappa shape index (κ2) is 12.1. The maximum Gasteiger partial charge on any atom is 0.299 e. The SMILES string of the molecule is COc1ccc(NC(=O)[C@@H](c2ccc3c(c2)OCO3)N(Cc2ccc(Cl)cc2)C(=O)CN2C(=O)C(=O)c3ccccc32)cc1. The molecule has 222 valence electrons. The molecule has 11 heteroatoms. The van der Waals surface area contributed by atoms with Gasteiger partial charge in [0.2, 0.25) is 12.7 Å². The number of fused-ring (bicyclic) bond motifs is 2. The van der Waals surface area contributed by atoms with E-state index in [9.17, 15) is 19.2 Å². The van der Waals surface area contributed by atoms with E-state index in [4.69, 9.17) is 25.8 Å². The summed E-state index contributed by atoms with van der Waals surface area (Å²) >= 11 is 6.12. The number of ketones is 1. The molecule has 3 amide bonds. The summed E-state index contributed by atoms with van der Waals surface area (Å²) < 4.78 is 16.3. The van der Waals surface area contributed by atoms with Crippen LogP contribution in [0.1, 0.15) is 27.5 Å². The van der Waals surface area contributed by atoms with Crippen LogP contribution < -0.4 is 24.4 Å². The van der Waals surface area contributed by atoms with Crippen molar-refractivity contribution >= 4 is 46.5 Å². The van der Waals surface area contributed by atoms with E-state index in [2.05, 4.69) is 5.32 Å². The van der Waals surface area contributed by atoms with Gasteiger partial charge in [0.25, 0.3) is 17.6 Å². The highest BCUT2D eigenvalue weighted by molar-refractivity contribution is 6.52. The van der Waals surface area contributed by atoms with Crippen LogP contribution in [-0.4, -0.2) is 48.9 Å². The molecule has 0 saturated heterocycles. The molecule has 2 aliphatic heterocycles. The summed E-state index contributed by atoms with van der Waals surface area (Å²) in [7, 11) is 1.54. The van der Waals surface area contributed by atoms with Crippen molar-refractivity contribution in [2.24, 2.45) is 0 Å². The highest BCUT2D eigenvalue weighted by Crippen LogP contribution is 2.37. The van der Waals surface area contributed by atoms with Gasteiger partial charge in [-0.3, -0.25) is 24.1 Å². The van der Waals surface area contributed by atoms with E-state index in [1.54, 1.807) is 98.1 Å². The number of carbonyl (C=O) groups excluding carboxylic acids is 4. The van der Waals surface area contributed by atoms with Crippen LogP contribution in [0.5, 0.6) is 17.2 Å². The van der Waals surface area contributed by atoms with Crippen molar-refractivity contribution in [1.82, 2.24) is 4.90 Å². The fourth-order valence-corrected chi connectivity index (χ4v) is 5.31. The molecule has 6 rings (SSSR count). The molecule has 10 nitrogen and oxygen atoms in total. The van der Waals surface area contributed by atoms with Crippen molar-refractivity contribution in [1.29, 1.82) is 0 Å². The quantitative estimate of drug-likeness (QED) is 0.265. The Labute approximate surface area is 257 Å². The minimum Gasteiger partial charge on any atom is -0.497 e. The average Bonchev–Trinajstić information content (AvgIpc) is 3.60. The number of methoxy groups -OCH3 is 1. The third-order valence-corrected chi connectivity index (χ3v) is 7.64. The van der Waals surface area contributed by atoms with Gasteiger partial charge in [0.15, 0.2) is 11.5 Å². The molecule has 2 heterocycles. The fraction of sp³-hybridized carbons (Fsp3) is 0.152. The van der Waals surface area contributed by atoms with Gasteiger partial charge in [0.1, 0.15) is 18.3 Å². The molecule has 0 bridgehead atoms. The summed E-state index contributed by atoms with van der Waals surface area (Å²) in [4.78, 5) is 56.6. The van der Waals surface area contributed by atoms with Crippen LogP contribution in [0, 0.1) is 0 Å². The Morgan fingerprint density at radius 1 is 0.955 bits per heavy atom. The summed E-state index contributed by atoms with van der Waals surface area (Å²) in [5, 5.41) is 3.41. The minimum atomic E-state index is -1.18. The average molecular weight is 612 g/mol. The number of para-hydroxylation sites is 1. The molecule has 0 aromatic heterocycles. The van der Waals surface area contributed by atoms with E-state index in [0.717, 1.165) is 4.90 Å². The number of hydrogen-bond donors (Lipinski definition) is 1. The van der Waals surface area contributed by atoms with Gasteiger partial charge >= 0.3 is 0 Å². The molecule has 1 N–H and O–H groups in total. The number of halogens is 1. The molecule has 0 unspecified atom stereocenters. The zero-order valence-corrected chi connectivity index (χ0v) is 24.2. The Morgan fingerprint density at radius 3 is 2.43 bits per heavy atom. The Kier molecular flexibility index (Phi) is 7.91. The third kappa shape index (κ3) is 5.67. The first-order valence-corrected chi connectivity index (χ1v) is 14.0. The van der Waals surface area contributed by atoms with Crippen LogP contribution in [0.2, 0.25) is 5.02 Å². The third-order valence-electron chi connectivity index (χ3n) is 7.39. The molecule has 4 aromatic carbocycles. The maximum absolute atomic E-state index is 14.3. The van der Waals surface area contributed by atoms with Gasteiger partial charge in [-0.2, -0.15) is 0 Å². The number of nitrogens with one attached hydrogen (secondary N) is 1. The Morgan fingerprint density at radius 2 is 1.68 bits per heavy atom. The second-order valence-corrected chi connectivity index (χ2v) is 10.6. The number of benzene rings is 4. The minimum absolute atomic E-state index is 0.0111. The van der Waals surface area contributed by atoms with E-state index >= 15 is 0 Å². The normalized spacial score (nSPS) is 13.8. The van der Waals surface area contributed by atoms with Crippen molar-refractivity contribution in [2.75, 3.05) is 30.7 Å². The van der Waals surface area contributed by atoms with Crippen LogP contribution in [0.3, 0.4) is 0 Å². The first-order chi connectivity index (χ1) is 21.3. The number of nitrogens with zero attached hydrogens (tertiary/aromatic N) is 2. The Hall–Kier alpha value is -5.35. The van der Waals surface area contributed by atoms with E-state index in [1.807, 2.05) is 0 Å². The van der Waals surface area contributed by atoms with Gasteiger partial charge in [-0.05, 0) is 71.8 Å². The Bertz CT molecular complexity index is 1760. The summed E-state index contributed by atoms with van der Waals surface area (Å²) in [6, 6.07) is 24.0. The van der Waals surface area contributed by atoms with Gasteiger partial charge in [0.05, 0.1) is 18.4 Å². The van der Waals surface area contributed by atoms with Gasteiger partial charge in [-0.25, -0.2) is 0 Å². The Balaban J connectivity index is 1.40. The number of carbonyl (C=O) groups is 4. The molecular formula is C33H26ClN3O7. The van der Waals surface area contributed by atoms with Gasteiger partial charge in [-0.1, -0.05) is 41.9 Å². The topological polar surface area (TPSA) is 114 Å². The summed E-state index contributed by atoms with van der Waals surface area (Å²) in [5.74, 6) is -1.03. The predicted octanol–water partition coefficient (Wildman–Crippen LogP) is 5.02. The second-order valence-electron chi connectivity index (χ2n) is 10.1. The number of anilines is 2. The standard InChI is InChI=1S/C33H26ClN3O7/c1-42-24-13-11-23(12-14-24)35-32(40)30(21-8-15-27-28(16-21)44-19-43-27)37(17-20-6-9-22(34)10-7-20)29(38)18-36-26-5-3-2-4-25(26)31(39)33(36)41/h2-16,30H,17-19H2,1H3,(H,35,40)/t30-/m1/s1. The highest BCUT2D eigenvalue weighted by Gasteiger charge is 2.39. The molecule has 1 atom stereocenters. The first kappa shape index (κ1) is 28.8. The highest BCUT2D eigenvalue weighted by atomic mass is 35.5. The number of ether oxygens (including phenoxy) is 3. The van der Waals surface area contributed by atoms with Crippen molar-refractivity contribution in [3.63, 3.8) is 0 Å². The molecule has 4 aromatic rings. The van der Waals surface area contributed by atoms with Crippen LogP contribution in [0.4, 0.5) is 11.4 Å². The van der Waals surface area contributed by atoms with Crippen molar-refractivity contribution in [2.45, 2.75) is 12.6 Å². The largest absolute Gasteiger partial charge is 0.497 e. The maximum atomic E-state index is 14.3. The van der Waals surface area contributed by atoms with Gasteiger partial charge < -0.3 is 24.4 Å². The summed E-state index contributed by atoms with van der Waals surface area (Å²) in [6.07, 6.45) is 0. The van der Waals surface area contributed by atoms with E-state index in [0.29, 0.717) is 44.8 Å². The van der Waals surface area contributed by atoms with Crippen LogP contribution in [-0.2, 0) is 20.9 Å². The lowest BCUT2D eigenvalue weighted by molar-refractivity contribution is -0.139. The van der Waals surface area contributed by atoms with Crippen LogP contribution >= 0.6 is 11.6 Å². The smallest absolute Gasteiger partial charge is 0.299 e. The van der Waals surface area contributed by atoms with E-state index in [-0.39, 0.29) is 18.9 Å². The summed E-state index contributed by atoms with van der Waals surface area (Å²) in [6.45, 7) is -0.450. The molecule has 44 heavy (non-hydrogen) atoms. The van der Waals surface area contributed by atoms with Crippen LogP contribution in [0.15, 0.2) is 91.0 Å². The first-order valence-electron chi connectivity index (χ1n) is 13.7. The molecule has 0 aliphatic carbocycles. The summed E-state index contributed by atoms with van der Waals surface area (Å²) in [5.41, 5.74) is 2.18. The van der Waals surface area contributed by atoms with Crippen LogP contribution in [0.25, 0.3) is 0 Å². The molecular weight excluding hydrogens is 586 g/mol. The molecule has 0 fully saturated rings. The molecule has 0 radical (unpaired) electrons. The van der Waals surface area contributed by atoms with Crippen molar-refractivity contribution in [3.8, 4) is 17.2 Å². The van der Waals surface area contributed by atoms with Crippen molar-refractivity contribution in [3.05, 3.63) is 113 Å². The molecule has 0 spiro atoms. The number of Topliss-reactive ketones (excluding diaryl/α,β-unsaturated/α-hetero) is 1. The zero-order chi connectivity index (χ0) is 30.8. The predicted molar refractivity (Wildman–Crippen MR) is 162 cm³/mol. The lowest BCUT2D eigenvalue weighted by Crippen LogP contribution is -2.46. The van der Waals surface area contributed by atoms with Gasteiger partial charge in [0, 0.05) is 17.3 Å². The molecule has 2 aliphatic rings. The van der Waals surface area contributed by atoms with Gasteiger partial charge in [-0.15, -0.1) is 0 Å². The lowest BCUT2D eigenvalue weighted by Gasteiger charge is -2.33. The fourth-order valence-electron chi connectivity index (χ4n) is 5.18. The number of amides is 3. The van der Waals surface area contributed by atoms with E-state index in [1.165, 1.54) is 4.90 Å². The lowest BCUT2D eigenvalue weighted by atomic mass is 10.0. The zero-order valence-electron chi connectivity index (χ0n) is 23.5. The molecule has 0 saturated carbocycles.